The van der Waals surface area contributed by atoms with Crippen LogP contribution in [0.5, 0.6) is 0 Å². The number of aromatic nitrogens is 3. The van der Waals surface area contributed by atoms with E-state index < -0.39 is 0 Å². The normalized spacial score (nSPS) is 19.4. The minimum atomic E-state index is 0.0473. The highest BCUT2D eigenvalue weighted by molar-refractivity contribution is 7.99. The van der Waals surface area contributed by atoms with Crippen molar-refractivity contribution in [1.82, 2.24) is 20.4 Å². The fourth-order valence-corrected chi connectivity index (χ4v) is 3.92. The van der Waals surface area contributed by atoms with Crippen LogP contribution in [-0.2, 0) is 6.54 Å². The first kappa shape index (κ1) is 12.7. The summed E-state index contributed by atoms with van der Waals surface area (Å²) in [5, 5.41) is 8.10. The number of nitrogens with two attached hydrogens (primary N) is 1. The lowest BCUT2D eigenvalue weighted by atomic mass is 9.92. The van der Waals surface area contributed by atoms with E-state index in [1.54, 1.807) is 6.20 Å². The van der Waals surface area contributed by atoms with Crippen LogP contribution in [-0.4, -0.2) is 20.7 Å². The van der Waals surface area contributed by atoms with Gasteiger partial charge in [0.25, 0.3) is 0 Å². The molecule has 6 heteroatoms. The van der Waals surface area contributed by atoms with Crippen LogP contribution in [0.4, 0.5) is 0 Å². The molecule has 5 nitrogen and oxygen atoms in total. The molecule has 100 valence electrons. The van der Waals surface area contributed by atoms with Crippen molar-refractivity contribution < 1.29 is 0 Å². The number of aryl methyl sites for hydroxylation is 1. The van der Waals surface area contributed by atoms with Gasteiger partial charge < -0.3 is 0 Å². The molecule has 0 aliphatic carbocycles. The number of fused-ring (bicyclic) bond motifs is 1. The lowest BCUT2D eigenvalue weighted by Gasteiger charge is -2.23. The Hall–Kier alpha value is -1.37. The molecule has 1 aromatic carbocycles. The Morgan fingerprint density at radius 2 is 2.37 bits per heavy atom. The molecule has 2 atom stereocenters. The van der Waals surface area contributed by atoms with Gasteiger partial charge in [-0.3, -0.25) is 11.3 Å². The molecule has 0 saturated heterocycles. The minimum absolute atomic E-state index is 0.0473. The van der Waals surface area contributed by atoms with Crippen molar-refractivity contribution in [2.24, 2.45) is 5.84 Å². The zero-order valence-electron chi connectivity index (χ0n) is 10.8. The first-order valence-corrected chi connectivity index (χ1v) is 7.40. The van der Waals surface area contributed by atoms with E-state index >= 15 is 0 Å². The second kappa shape index (κ2) is 5.32. The molecule has 0 radical (unpaired) electrons. The molecule has 1 aliphatic rings. The topological polar surface area (TPSA) is 68.8 Å². The highest BCUT2D eigenvalue weighted by atomic mass is 32.2. The van der Waals surface area contributed by atoms with Crippen molar-refractivity contribution in [3.63, 3.8) is 0 Å². The van der Waals surface area contributed by atoms with Gasteiger partial charge in [0.1, 0.15) is 0 Å². The van der Waals surface area contributed by atoms with E-state index in [4.69, 9.17) is 5.84 Å². The Morgan fingerprint density at radius 1 is 1.53 bits per heavy atom. The zero-order valence-corrected chi connectivity index (χ0v) is 11.6. The molecule has 0 amide bonds. The fourth-order valence-electron chi connectivity index (χ4n) is 2.62. The van der Waals surface area contributed by atoms with Crippen molar-refractivity contribution in [3.8, 4) is 0 Å². The molecular formula is C13H17N5S. The molecule has 0 saturated carbocycles. The number of hydrazine groups is 1. The number of nitrogens with zero attached hydrogens (tertiary/aromatic N) is 3. The van der Waals surface area contributed by atoms with Crippen LogP contribution in [0.3, 0.4) is 0 Å². The van der Waals surface area contributed by atoms with Crippen LogP contribution in [0.1, 0.15) is 30.1 Å². The monoisotopic (exact) mass is 275 g/mol. The summed E-state index contributed by atoms with van der Waals surface area (Å²) in [5.74, 6) is 7.18. The third kappa shape index (κ3) is 2.16. The number of hydrogen-bond acceptors (Lipinski definition) is 5. The number of rotatable bonds is 4. The van der Waals surface area contributed by atoms with Gasteiger partial charge in [-0.1, -0.05) is 23.4 Å². The quantitative estimate of drug-likeness (QED) is 0.656. The molecule has 0 spiro atoms. The summed E-state index contributed by atoms with van der Waals surface area (Å²) in [6.07, 6.45) is 1.81. The van der Waals surface area contributed by atoms with Gasteiger partial charge in [-0.15, -0.1) is 16.9 Å². The predicted molar refractivity (Wildman–Crippen MR) is 75.7 cm³/mol. The highest BCUT2D eigenvalue weighted by Gasteiger charge is 2.32. The van der Waals surface area contributed by atoms with Gasteiger partial charge in [0.05, 0.1) is 17.9 Å². The average molecular weight is 275 g/mol. The summed E-state index contributed by atoms with van der Waals surface area (Å²) in [6, 6.07) is 8.57. The molecule has 19 heavy (non-hydrogen) atoms. The number of hydrogen-bond donors (Lipinski definition) is 2. The van der Waals surface area contributed by atoms with Crippen LogP contribution in [0.2, 0.25) is 0 Å². The van der Waals surface area contributed by atoms with E-state index in [-0.39, 0.29) is 6.04 Å². The molecule has 3 rings (SSSR count). The van der Waals surface area contributed by atoms with E-state index in [0.717, 1.165) is 18.0 Å². The van der Waals surface area contributed by atoms with Gasteiger partial charge in [-0.05, 0) is 18.6 Å². The Morgan fingerprint density at radius 3 is 3.16 bits per heavy atom. The third-order valence-corrected chi connectivity index (χ3v) is 4.79. The maximum Gasteiger partial charge on any atom is 0.0776 e. The minimum Gasteiger partial charge on any atom is -0.271 e. The second-order valence-electron chi connectivity index (χ2n) is 4.57. The van der Waals surface area contributed by atoms with E-state index in [1.807, 2.05) is 16.4 Å². The van der Waals surface area contributed by atoms with E-state index in [9.17, 15) is 0 Å². The van der Waals surface area contributed by atoms with Gasteiger partial charge >= 0.3 is 0 Å². The van der Waals surface area contributed by atoms with Gasteiger partial charge in [-0.2, -0.15) is 0 Å². The van der Waals surface area contributed by atoms with Crippen LogP contribution in [0.15, 0.2) is 35.4 Å². The molecule has 2 aromatic rings. The number of benzene rings is 1. The average Bonchev–Trinajstić information content (AvgIpc) is 3.07. The summed E-state index contributed by atoms with van der Waals surface area (Å²) in [7, 11) is 0. The SMILES string of the molecule is CCn1nncc1C(NN)C1CSc2ccccc21. The Bertz CT molecular complexity index is 568. The summed E-state index contributed by atoms with van der Waals surface area (Å²) in [5.41, 5.74) is 5.36. The van der Waals surface area contributed by atoms with Crippen molar-refractivity contribution in [3.05, 3.63) is 41.7 Å². The van der Waals surface area contributed by atoms with Crippen molar-refractivity contribution in [1.29, 1.82) is 0 Å². The van der Waals surface area contributed by atoms with E-state index in [0.29, 0.717) is 5.92 Å². The molecule has 2 unspecified atom stereocenters. The number of nitrogens with one attached hydrogen (secondary N) is 1. The molecule has 1 aliphatic heterocycles. The van der Waals surface area contributed by atoms with Crippen LogP contribution < -0.4 is 11.3 Å². The molecule has 0 bridgehead atoms. The van der Waals surface area contributed by atoms with Gasteiger partial charge in [0.15, 0.2) is 0 Å². The molecular weight excluding hydrogens is 258 g/mol. The summed E-state index contributed by atoms with van der Waals surface area (Å²) in [4.78, 5) is 1.35. The fraction of sp³-hybridized carbons (Fsp3) is 0.385. The van der Waals surface area contributed by atoms with Gasteiger partial charge in [0, 0.05) is 23.1 Å². The van der Waals surface area contributed by atoms with E-state index in [2.05, 4.69) is 46.9 Å². The first-order valence-electron chi connectivity index (χ1n) is 6.41. The maximum absolute atomic E-state index is 5.80. The van der Waals surface area contributed by atoms with Crippen molar-refractivity contribution in [2.45, 2.75) is 30.3 Å². The molecule has 0 fully saturated rings. The van der Waals surface area contributed by atoms with Crippen LogP contribution in [0.25, 0.3) is 0 Å². The lowest BCUT2D eigenvalue weighted by molar-refractivity contribution is 0.441. The molecule has 1 aromatic heterocycles. The summed E-state index contributed by atoms with van der Waals surface area (Å²) >= 11 is 1.88. The van der Waals surface area contributed by atoms with Crippen LogP contribution in [0, 0.1) is 0 Å². The van der Waals surface area contributed by atoms with Gasteiger partial charge in [0.2, 0.25) is 0 Å². The third-order valence-electron chi connectivity index (χ3n) is 3.58. The largest absolute Gasteiger partial charge is 0.271 e. The van der Waals surface area contributed by atoms with Gasteiger partial charge in [-0.25, -0.2) is 4.68 Å². The zero-order chi connectivity index (χ0) is 13.2. The summed E-state index contributed by atoms with van der Waals surface area (Å²) < 4.78 is 1.90. The highest BCUT2D eigenvalue weighted by Crippen LogP contribution is 2.44. The predicted octanol–water partition coefficient (Wildman–Crippen LogP) is 1.69. The Labute approximate surface area is 116 Å². The molecule has 3 N–H and O–H groups in total. The lowest BCUT2D eigenvalue weighted by Crippen LogP contribution is -2.34. The number of thioether (sulfide) groups is 1. The summed E-state index contributed by atoms with van der Waals surface area (Å²) in [6.45, 7) is 2.86. The van der Waals surface area contributed by atoms with E-state index in [1.165, 1.54) is 10.5 Å². The smallest absolute Gasteiger partial charge is 0.0776 e. The standard InChI is InChI=1S/C13H17N5S/c1-2-18-11(7-15-17-18)13(16-14)10-8-19-12-6-4-3-5-9(10)12/h3-7,10,13,16H,2,8,14H2,1H3. The maximum atomic E-state index is 5.80. The van der Waals surface area contributed by atoms with Crippen LogP contribution >= 0.6 is 11.8 Å². The second-order valence-corrected chi connectivity index (χ2v) is 5.64. The molecule has 2 heterocycles. The Balaban J connectivity index is 1.97. The van der Waals surface area contributed by atoms with Crippen molar-refractivity contribution >= 4 is 11.8 Å². The first-order chi connectivity index (χ1) is 9.35. The Kier molecular flexibility index (Phi) is 3.54. The van der Waals surface area contributed by atoms with Crippen molar-refractivity contribution in [2.75, 3.05) is 5.75 Å².